The minimum atomic E-state index is -0.907. The van der Waals surface area contributed by atoms with E-state index < -0.39 is 5.97 Å². The third kappa shape index (κ3) is 23.6. The Balaban J connectivity index is 0. The molecule has 0 fully saturated rings. The van der Waals surface area contributed by atoms with E-state index in [0.29, 0.717) is 6.04 Å². The SMILES string of the molecule is CCCCCCCCCN(CCCCCCCCC)C(C)CCCCC(=O)[O-].[K+]. The molecule has 0 radical (unpaired) electrons. The van der Waals surface area contributed by atoms with E-state index in [-0.39, 0.29) is 57.8 Å². The first kappa shape index (κ1) is 32.2. The summed E-state index contributed by atoms with van der Waals surface area (Å²) in [5.74, 6) is -0.907. The van der Waals surface area contributed by atoms with Crippen molar-refractivity contribution in [2.24, 2.45) is 0 Å². The molecular formula is C25H50KNO2. The summed E-state index contributed by atoms with van der Waals surface area (Å²) >= 11 is 0. The topological polar surface area (TPSA) is 43.4 Å². The van der Waals surface area contributed by atoms with Gasteiger partial charge in [0.2, 0.25) is 0 Å². The molecule has 0 N–H and O–H groups in total. The molecule has 0 saturated heterocycles. The molecular weight excluding hydrogens is 385 g/mol. The fraction of sp³-hybridized carbons (Fsp3) is 0.960. The third-order valence-corrected chi connectivity index (χ3v) is 5.97. The second-order valence-corrected chi connectivity index (χ2v) is 8.75. The number of carboxylic acids is 1. The van der Waals surface area contributed by atoms with Crippen molar-refractivity contribution < 1.29 is 61.3 Å². The summed E-state index contributed by atoms with van der Waals surface area (Å²) in [5.41, 5.74) is 0. The van der Waals surface area contributed by atoms with Crippen LogP contribution in [0.5, 0.6) is 0 Å². The molecule has 0 bridgehead atoms. The Bertz CT molecular complexity index is 321. The first-order chi connectivity index (χ1) is 13.6. The summed E-state index contributed by atoms with van der Waals surface area (Å²) in [5, 5.41) is 10.6. The van der Waals surface area contributed by atoms with Gasteiger partial charge in [-0.3, -0.25) is 0 Å². The fourth-order valence-electron chi connectivity index (χ4n) is 3.99. The van der Waals surface area contributed by atoms with Crippen molar-refractivity contribution >= 4 is 5.97 Å². The van der Waals surface area contributed by atoms with Crippen molar-refractivity contribution in [1.82, 2.24) is 4.90 Å². The van der Waals surface area contributed by atoms with E-state index in [0.717, 1.165) is 19.3 Å². The van der Waals surface area contributed by atoms with Crippen molar-refractivity contribution in [3.05, 3.63) is 0 Å². The van der Waals surface area contributed by atoms with E-state index in [4.69, 9.17) is 0 Å². The van der Waals surface area contributed by atoms with Gasteiger partial charge in [0.05, 0.1) is 0 Å². The number of hydrogen-bond donors (Lipinski definition) is 0. The summed E-state index contributed by atoms with van der Waals surface area (Å²) in [6.45, 7) is 9.31. The largest absolute Gasteiger partial charge is 1.00 e. The van der Waals surface area contributed by atoms with Crippen LogP contribution in [0.1, 0.15) is 136 Å². The van der Waals surface area contributed by atoms with Crippen LogP contribution in [-0.2, 0) is 4.79 Å². The van der Waals surface area contributed by atoms with Gasteiger partial charge in [-0.15, -0.1) is 0 Å². The molecule has 0 aliphatic carbocycles. The minimum absolute atomic E-state index is 0. The molecule has 0 amide bonds. The zero-order chi connectivity index (χ0) is 20.9. The monoisotopic (exact) mass is 435 g/mol. The van der Waals surface area contributed by atoms with Gasteiger partial charge >= 0.3 is 51.4 Å². The van der Waals surface area contributed by atoms with Crippen LogP contribution in [0.2, 0.25) is 0 Å². The van der Waals surface area contributed by atoms with Crippen molar-refractivity contribution in [2.45, 2.75) is 142 Å². The van der Waals surface area contributed by atoms with Gasteiger partial charge < -0.3 is 14.8 Å². The first-order valence-electron chi connectivity index (χ1n) is 12.6. The Morgan fingerprint density at radius 3 is 1.52 bits per heavy atom. The predicted molar refractivity (Wildman–Crippen MR) is 120 cm³/mol. The molecule has 29 heavy (non-hydrogen) atoms. The molecule has 0 aliphatic heterocycles. The Kier molecular flexibility index (Phi) is 28.2. The number of hydrogen-bond acceptors (Lipinski definition) is 3. The van der Waals surface area contributed by atoms with Gasteiger partial charge in [-0.1, -0.05) is 97.3 Å². The van der Waals surface area contributed by atoms with Gasteiger partial charge in [0.15, 0.2) is 0 Å². The van der Waals surface area contributed by atoms with Gasteiger partial charge in [0.25, 0.3) is 0 Å². The summed E-state index contributed by atoms with van der Waals surface area (Å²) in [6, 6.07) is 0.571. The number of carbonyl (C=O) groups excluding carboxylic acids is 1. The van der Waals surface area contributed by atoms with Gasteiger partial charge in [-0.2, -0.15) is 0 Å². The number of nitrogens with zero attached hydrogens (tertiary/aromatic N) is 1. The smallest absolute Gasteiger partial charge is 0.550 e. The summed E-state index contributed by atoms with van der Waals surface area (Å²) in [4.78, 5) is 13.3. The predicted octanol–water partition coefficient (Wildman–Crippen LogP) is 3.49. The van der Waals surface area contributed by atoms with E-state index >= 15 is 0 Å². The second kappa shape index (κ2) is 25.3. The number of aliphatic carboxylic acids is 1. The van der Waals surface area contributed by atoms with Gasteiger partial charge in [-0.25, -0.2) is 0 Å². The maximum Gasteiger partial charge on any atom is 1.00 e. The maximum absolute atomic E-state index is 10.6. The van der Waals surface area contributed by atoms with Crippen molar-refractivity contribution in [1.29, 1.82) is 0 Å². The normalized spacial score (nSPS) is 12.1. The number of rotatable bonds is 22. The summed E-state index contributed by atoms with van der Waals surface area (Å²) in [6.07, 6.45) is 22.2. The molecule has 3 nitrogen and oxygen atoms in total. The summed E-state index contributed by atoms with van der Waals surface area (Å²) < 4.78 is 0. The molecule has 0 heterocycles. The van der Waals surface area contributed by atoms with E-state index in [1.165, 1.54) is 103 Å². The molecule has 0 rings (SSSR count). The molecule has 168 valence electrons. The van der Waals surface area contributed by atoms with Crippen molar-refractivity contribution in [3.8, 4) is 0 Å². The van der Waals surface area contributed by atoms with Crippen LogP contribution in [0.25, 0.3) is 0 Å². The molecule has 4 heteroatoms. The van der Waals surface area contributed by atoms with E-state index in [1.54, 1.807) is 0 Å². The minimum Gasteiger partial charge on any atom is -0.550 e. The molecule has 1 atom stereocenters. The van der Waals surface area contributed by atoms with Crippen molar-refractivity contribution in [3.63, 3.8) is 0 Å². The maximum atomic E-state index is 10.6. The number of carbonyl (C=O) groups is 1. The first-order valence-corrected chi connectivity index (χ1v) is 12.6. The van der Waals surface area contributed by atoms with Crippen LogP contribution in [0.4, 0.5) is 0 Å². The Morgan fingerprint density at radius 2 is 1.10 bits per heavy atom. The summed E-state index contributed by atoms with van der Waals surface area (Å²) in [7, 11) is 0. The zero-order valence-electron chi connectivity index (χ0n) is 20.5. The fourth-order valence-corrected chi connectivity index (χ4v) is 3.99. The van der Waals surface area contributed by atoms with Crippen LogP contribution in [0.15, 0.2) is 0 Å². The van der Waals surface area contributed by atoms with Crippen molar-refractivity contribution in [2.75, 3.05) is 13.1 Å². The average molecular weight is 436 g/mol. The Morgan fingerprint density at radius 1 is 0.690 bits per heavy atom. The number of carboxylic acid groups (broad SMARTS) is 1. The van der Waals surface area contributed by atoms with Gasteiger partial charge in [-0.05, 0) is 52.1 Å². The quantitative estimate of drug-likeness (QED) is 0.193. The van der Waals surface area contributed by atoms with Crippen LogP contribution >= 0.6 is 0 Å². The molecule has 0 aromatic rings. The standard InChI is InChI=1S/C25H51NO2.K/c1-4-6-8-10-12-14-18-22-26(23-19-15-13-11-9-7-5-2)24(3)20-16-17-21-25(27)28;/h24H,4-23H2,1-3H3,(H,27,28);/q;+1/p-1. The molecule has 1 unspecified atom stereocenters. The number of unbranched alkanes of at least 4 members (excludes halogenated alkanes) is 13. The van der Waals surface area contributed by atoms with Gasteiger partial charge in [0, 0.05) is 12.0 Å². The van der Waals surface area contributed by atoms with E-state index in [2.05, 4.69) is 25.7 Å². The van der Waals surface area contributed by atoms with Crippen LogP contribution in [0, 0.1) is 0 Å². The third-order valence-electron chi connectivity index (χ3n) is 5.97. The Labute approximate surface area is 225 Å². The molecule has 0 aromatic heterocycles. The molecule has 0 spiro atoms. The average Bonchev–Trinajstić information content (AvgIpc) is 2.67. The van der Waals surface area contributed by atoms with Crippen LogP contribution in [0.3, 0.4) is 0 Å². The molecule has 0 aromatic carbocycles. The van der Waals surface area contributed by atoms with E-state index in [1.807, 2.05) is 0 Å². The molecule has 0 aliphatic rings. The Hall–Kier alpha value is 1.07. The van der Waals surface area contributed by atoms with Crippen LogP contribution in [-0.4, -0.2) is 30.0 Å². The van der Waals surface area contributed by atoms with Gasteiger partial charge in [0.1, 0.15) is 0 Å². The molecule has 0 saturated carbocycles. The van der Waals surface area contributed by atoms with Crippen LogP contribution < -0.4 is 56.5 Å². The van der Waals surface area contributed by atoms with E-state index in [9.17, 15) is 9.90 Å². The zero-order valence-corrected chi connectivity index (χ0v) is 23.6. The second-order valence-electron chi connectivity index (χ2n) is 8.75.